The molecule has 0 saturated carbocycles. The van der Waals surface area contributed by atoms with Crippen LogP contribution in [0.25, 0.3) is 0 Å². The molecule has 1 aromatic rings. The molecule has 0 radical (unpaired) electrons. The molecule has 1 aromatic heterocycles. The van der Waals surface area contributed by atoms with Crippen LogP contribution in [0, 0.1) is 6.92 Å². The van der Waals surface area contributed by atoms with Gasteiger partial charge >= 0.3 is 10.8 Å². The second-order valence-corrected chi connectivity index (χ2v) is 5.89. The summed E-state index contributed by atoms with van der Waals surface area (Å²) in [6, 6.07) is 0. The zero-order valence-corrected chi connectivity index (χ0v) is 13.2. The molecule has 1 fully saturated rings. The Kier molecular flexibility index (Phi) is 5.96. The van der Waals surface area contributed by atoms with Gasteiger partial charge in [-0.2, -0.15) is 0 Å². The van der Waals surface area contributed by atoms with Gasteiger partial charge < -0.3 is 14.2 Å². The van der Waals surface area contributed by atoms with E-state index in [0.29, 0.717) is 13.2 Å². The Morgan fingerprint density at radius 3 is 3.05 bits per heavy atom. The van der Waals surface area contributed by atoms with Gasteiger partial charge in [-0.1, -0.05) is 11.3 Å². The van der Waals surface area contributed by atoms with Crippen LogP contribution >= 0.6 is 11.3 Å². The van der Waals surface area contributed by atoms with Crippen LogP contribution in [-0.4, -0.2) is 42.6 Å². The summed E-state index contributed by atoms with van der Waals surface area (Å²) < 4.78 is 17.6. The lowest BCUT2D eigenvalue weighted by atomic mass is 10.2. The predicted octanol–water partition coefficient (Wildman–Crippen LogP) is 1.35. The van der Waals surface area contributed by atoms with Gasteiger partial charge in [0.2, 0.25) is 0 Å². The van der Waals surface area contributed by atoms with Gasteiger partial charge in [-0.15, -0.1) is 0 Å². The van der Waals surface area contributed by atoms with Gasteiger partial charge in [-0.3, -0.25) is 9.36 Å². The number of aryl methyl sites for hydroxylation is 1. The van der Waals surface area contributed by atoms with Gasteiger partial charge in [0.05, 0.1) is 19.3 Å². The first kappa shape index (κ1) is 16.2. The smallest absolute Gasteiger partial charge is 0.335 e. The van der Waals surface area contributed by atoms with Crippen LogP contribution in [-0.2, 0) is 25.5 Å². The van der Waals surface area contributed by atoms with Crippen molar-refractivity contribution < 1.29 is 19.0 Å². The van der Waals surface area contributed by atoms with E-state index in [1.165, 1.54) is 0 Å². The van der Waals surface area contributed by atoms with E-state index < -0.39 is 12.1 Å². The van der Waals surface area contributed by atoms with Crippen molar-refractivity contribution in [3.8, 4) is 0 Å². The van der Waals surface area contributed by atoms with Crippen molar-refractivity contribution in [1.82, 2.24) is 4.57 Å². The fourth-order valence-corrected chi connectivity index (χ4v) is 2.89. The number of carbonyl (C=O) groups is 1. The molecular weight excluding hydrogens is 294 g/mol. The molecule has 6 nitrogen and oxygen atoms in total. The fourth-order valence-electron chi connectivity index (χ4n) is 2.12. The molecule has 2 rings (SSSR count). The molecule has 0 spiro atoms. The minimum atomic E-state index is -0.616. The van der Waals surface area contributed by atoms with E-state index in [2.05, 4.69) is 0 Å². The largest absolute Gasteiger partial charge is 0.462 e. The highest BCUT2D eigenvalue weighted by Crippen LogP contribution is 2.13. The number of carbonyl (C=O) groups excluding carboxylic acids is 1. The number of esters is 1. The van der Waals surface area contributed by atoms with Crippen LogP contribution in [0.3, 0.4) is 0 Å². The number of aromatic nitrogens is 1. The molecule has 21 heavy (non-hydrogen) atoms. The molecule has 0 N–H and O–H groups in total. The molecule has 0 aliphatic carbocycles. The number of nitrogens with zero attached hydrogens (tertiary/aromatic N) is 1. The third-order valence-corrected chi connectivity index (χ3v) is 4.30. The molecule has 118 valence electrons. The van der Waals surface area contributed by atoms with Crippen LogP contribution < -0.4 is 4.87 Å². The zero-order chi connectivity index (χ0) is 15.2. The van der Waals surface area contributed by atoms with E-state index >= 15 is 0 Å². The Morgan fingerprint density at radius 1 is 1.62 bits per heavy atom. The van der Waals surface area contributed by atoms with Crippen LogP contribution in [0.1, 0.15) is 25.5 Å². The van der Waals surface area contributed by atoms with Gasteiger partial charge in [0.25, 0.3) is 0 Å². The molecule has 1 aliphatic rings. The standard InChI is InChI=1S/C14H21NO5S/c1-10-9-21-14(17)15(10)5-7-19-13(16)11(2)20-8-12-4-3-6-18-12/h9,11-12H,3-8H2,1-2H3. The third kappa shape index (κ3) is 4.66. The highest BCUT2D eigenvalue weighted by molar-refractivity contribution is 7.07. The molecule has 0 amide bonds. The van der Waals surface area contributed by atoms with Gasteiger partial charge in [0.1, 0.15) is 6.61 Å². The number of thiazole rings is 1. The van der Waals surface area contributed by atoms with Gasteiger partial charge in [-0.25, -0.2) is 4.79 Å². The van der Waals surface area contributed by atoms with Crippen molar-refractivity contribution in [3.05, 3.63) is 20.7 Å². The Hall–Kier alpha value is -1.18. The molecule has 2 unspecified atom stereocenters. The van der Waals surface area contributed by atoms with E-state index in [9.17, 15) is 9.59 Å². The van der Waals surface area contributed by atoms with Crippen molar-refractivity contribution in [3.63, 3.8) is 0 Å². The maximum absolute atomic E-state index is 11.8. The molecule has 1 saturated heterocycles. The highest BCUT2D eigenvalue weighted by Gasteiger charge is 2.20. The minimum absolute atomic E-state index is 0.0359. The van der Waals surface area contributed by atoms with E-state index in [-0.39, 0.29) is 17.6 Å². The summed E-state index contributed by atoms with van der Waals surface area (Å²) in [6.07, 6.45) is 1.49. The normalized spacial score (nSPS) is 19.6. The SMILES string of the molecule is Cc1csc(=O)n1CCOC(=O)C(C)OCC1CCCO1. The average Bonchev–Trinajstić information content (AvgIpc) is 3.09. The molecular formula is C14H21NO5S. The second kappa shape index (κ2) is 7.72. The van der Waals surface area contributed by atoms with E-state index in [0.717, 1.165) is 36.5 Å². The summed E-state index contributed by atoms with van der Waals surface area (Å²) in [5, 5.41) is 1.79. The fraction of sp³-hybridized carbons (Fsp3) is 0.714. The van der Waals surface area contributed by atoms with Gasteiger partial charge in [-0.05, 0) is 26.7 Å². The zero-order valence-electron chi connectivity index (χ0n) is 12.4. The minimum Gasteiger partial charge on any atom is -0.462 e. The number of hydrogen-bond donors (Lipinski definition) is 0. The van der Waals surface area contributed by atoms with E-state index in [4.69, 9.17) is 14.2 Å². The summed E-state index contributed by atoms with van der Waals surface area (Å²) in [5.41, 5.74) is 0.878. The lowest BCUT2D eigenvalue weighted by Crippen LogP contribution is -2.29. The summed E-state index contributed by atoms with van der Waals surface area (Å²) in [7, 11) is 0. The van der Waals surface area contributed by atoms with Crippen LogP contribution in [0.2, 0.25) is 0 Å². The first-order chi connectivity index (χ1) is 10.1. The van der Waals surface area contributed by atoms with Gasteiger partial charge in [0.15, 0.2) is 6.10 Å². The quantitative estimate of drug-likeness (QED) is 0.711. The summed E-state index contributed by atoms with van der Waals surface area (Å²) in [4.78, 5) is 23.2. The van der Waals surface area contributed by atoms with Crippen molar-refractivity contribution in [2.24, 2.45) is 0 Å². The topological polar surface area (TPSA) is 66.8 Å². The molecule has 7 heteroatoms. The Morgan fingerprint density at radius 2 is 2.43 bits per heavy atom. The Labute approximate surface area is 127 Å². The predicted molar refractivity (Wildman–Crippen MR) is 78.7 cm³/mol. The van der Waals surface area contributed by atoms with E-state index in [1.54, 1.807) is 16.9 Å². The van der Waals surface area contributed by atoms with Crippen molar-refractivity contribution in [1.29, 1.82) is 0 Å². The first-order valence-corrected chi connectivity index (χ1v) is 8.00. The van der Waals surface area contributed by atoms with Gasteiger partial charge in [0, 0.05) is 17.7 Å². The molecule has 1 aliphatic heterocycles. The van der Waals surface area contributed by atoms with E-state index in [1.807, 2.05) is 6.92 Å². The Balaban J connectivity index is 1.67. The number of ether oxygens (including phenoxy) is 3. The molecule has 2 heterocycles. The maximum Gasteiger partial charge on any atom is 0.335 e. The van der Waals surface area contributed by atoms with Crippen molar-refractivity contribution in [2.75, 3.05) is 19.8 Å². The van der Waals surface area contributed by atoms with Crippen LogP contribution in [0.5, 0.6) is 0 Å². The lowest BCUT2D eigenvalue weighted by Gasteiger charge is -2.15. The van der Waals surface area contributed by atoms with Crippen molar-refractivity contribution >= 4 is 17.3 Å². The number of rotatable bonds is 7. The average molecular weight is 315 g/mol. The van der Waals surface area contributed by atoms with Crippen LogP contribution in [0.4, 0.5) is 0 Å². The second-order valence-electron chi connectivity index (χ2n) is 5.07. The maximum atomic E-state index is 11.8. The lowest BCUT2D eigenvalue weighted by molar-refractivity contribution is -0.158. The highest BCUT2D eigenvalue weighted by atomic mass is 32.1. The monoisotopic (exact) mass is 315 g/mol. The third-order valence-electron chi connectivity index (χ3n) is 3.42. The molecule has 0 aromatic carbocycles. The molecule has 0 bridgehead atoms. The summed E-state index contributed by atoms with van der Waals surface area (Å²) >= 11 is 1.15. The first-order valence-electron chi connectivity index (χ1n) is 7.12. The van der Waals surface area contributed by atoms with Crippen molar-refractivity contribution in [2.45, 2.75) is 45.4 Å². The van der Waals surface area contributed by atoms with Crippen LogP contribution in [0.15, 0.2) is 10.2 Å². The summed E-state index contributed by atoms with van der Waals surface area (Å²) in [6.45, 7) is 5.25. The summed E-state index contributed by atoms with van der Waals surface area (Å²) in [5.74, 6) is -0.408. The molecule has 2 atom stereocenters. The number of hydrogen-bond acceptors (Lipinski definition) is 6. The Bertz CT molecular complexity index is 518.